The van der Waals surface area contributed by atoms with Crippen molar-refractivity contribution in [3.63, 3.8) is 0 Å². The van der Waals surface area contributed by atoms with E-state index < -0.39 is 0 Å². The highest BCUT2D eigenvalue weighted by Crippen LogP contribution is 2.11. The molecule has 1 unspecified atom stereocenters. The molecular weight excluding hydrogens is 290 g/mol. The van der Waals surface area contributed by atoms with Crippen LogP contribution in [0, 0.1) is 5.92 Å². The van der Waals surface area contributed by atoms with Gasteiger partial charge in [-0.2, -0.15) is 0 Å². The fraction of sp³-hybridized carbons (Fsp3) is 0.333. The van der Waals surface area contributed by atoms with Crippen molar-refractivity contribution in [1.82, 2.24) is 9.88 Å². The predicted octanol–water partition coefficient (Wildman–Crippen LogP) is 2.10. The fourth-order valence-electron chi connectivity index (χ4n) is 2.23. The van der Waals surface area contributed by atoms with Crippen molar-refractivity contribution in [2.24, 2.45) is 5.92 Å². The second-order valence-electron chi connectivity index (χ2n) is 5.83. The minimum Gasteiger partial charge on any atom is -0.380 e. The quantitative estimate of drug-likeness (QED) is 0.823. The average molecular weight is 313 g/mol. The Balaban J connectivity index is 1.90. The third-order valence-electron chi connectivity index (χ3n) is 3.66. The number of aromatic nitrogens is 1. The Kier molecular flexibility index (Phi) is 5.97. The number of nitrogens with zero attached hydrogens (tertiary/aromatic N) is 1. The van der Waals surface area contributed by atoms with Gasteiger partial charge in [0, 0.05) is 30.5 Å². The van der Waals surface area contributed by atoms with Crippen LogP contribution in [0.3, 0.4) is 0 Å². The highest BCUT2D eigenvalue weighted by Gasteiger charge is 2.14. The number of rotatable bonds is 7. The summed E-state index contributed by atoms with van der Waals surface area (Å²) < 4.78 is 1.39. The van der Waals surface area contributed by atoms with Crippen LogP contribution in [0.2, 0.25) is 0 Å². The highest BCUT2D eigenvalue weighted by molar-refractivity contribution is 5.75. The lowest BCUT2D eigenvalue weighted by atomic mass is 10.0. The molecule has 23 heavy (non-hydrogen) atoms. The minimum absolute atomic E-state index is 0.0375. The Labute approximate surface area is 136 Å². The summed E-state index contributed by atoms with van der Waals surface area (Å²) in [5.74, 6) is 0.189. The average Bonchev–Trinajstić information content (AvgIpc) is 2.54. The molecule has 2 aromatic rings. The van der Waals surface area contributed by atoms with Gasteiger partial charge in [-0.25, -0.2) is 0 Å². The summed E-state index contributed by atoms with van der Waals surface area (Å²) in [7, 11) is 0. The maximum atomic E-state index is 12.0. The molecule has 1 aromatic heterocycles. The van der Waals surface area contributed by atoms with Gasteiger partial charge in [0.1, 0.15) is 6.54 Å². The normalized spacial score (nSPS) is 12.0. The zero-order valence-corrected chi connectivity index (χ0v) is 13.5. The lowest BCUT2D eigenvalue weighted by Gasteiger charge is -2.24. The van der Waals surface area contributed by atoms with Crippen molar-refractivity contribution < 1.29 is 4.79 Å². The number of pyridine rings is 1. The van der Waals surface area contributed by atoms with Gasteiger partial charge in [-0.1, -0.05) is 38.1 Å². The van der Waals surface area contributed by atoms with Gasteiger partial charge in [0.15, 0.2) is 0 Å². The van der Waals surface area contributed by atoms with E-state index in [1.807, 2.05) is 30.3 Å². The first kappa shape index (κ1) is 16.8. The van der Waals surface area contributed by atoms with E-state index in [0.717, 1.165) is 5.69 Å². The number of hydrogen-bond acceptors (Lipinski definition) is 3. The number of hydrogen-bond donors (Lipinski definition) is 2. The molecule has 122 valence electrons. The largest absolute Gasteiger partial charge is 0.380 e. The van der Waals surface area contributed by atoms with E-state index in [-0.39, 0.29) is 24.1 Å². The lowest BCUT2D eigenvalue weighted by Crippen LogP contribution is -2.41. The molecule has 1 aromatic carbocycles. The van der Waals surface area contributed by atoms with Crippen molar-refractivity contribution in [2.75, 3.05) is 11.9 Å². The molecule has 2 N–H and O–H groups in total. The molecule has 0 saturated carbocycles. The minimum atomic E-state index is -0.175. The van der Waals surface area contributed by atoms with Crippen LogP contribution in [0.4, 0.5) is 5.69 Å². The van der Waals surface area contributed by atoms with Crippen LogP contribution in [-0.4, -0.2) is 23.1 Å². The Morgan fingerprint density at radius 1 is 1.09 bits per heavy atom. The van der Waals surface area contributed by atoms with Gasteiger partial charge in [-0.15, -0.1) is 0 Å². The summed E-state index contributed by atoms with van der Waals surface area (Å²) in [5, 5.41) is 6.32. The van der Waals surface area contributed by atoms with E-state index in [1.165, 1.54) is 10.6 Å². The van der Waals surface area contributed by atoms with Gasteiger partial charge in [0.2, 0.25) is 5.91 Å². The van der Waals surface area contributed by atoms with Crippen LogP contribution < -0.4 is 16.2 Å². The number of para-hydroxylation sites is 1. The number of anilines is 1. The Morgan fingerprint density at radius 3 is 2.43 bits per heavy atom. The van der Waals surface area contributed by atoms with Gasteiger partial charge in [0.25, 0.3) is 5.56 Å². The standard InChI is InChI=1S/C18H23N3O2/c1-14(2)16(20-15-8-4-3-5-9-15)12-19-17(22)13-21-11-7-6-10-18(21)23/h3-11,14,16,20H,12-13H2,1-2H3,(H,19,22). The lowest BCUT2D eigenvalue weighted by molar-refractivity contribution is -0.121. The number of amides is 1. The number of carbonyl (C=O) groups excluding carboxylic acids is 1. The van der Waals surface area contributed by atoms with E-state index in [0.29, 0.717) is 12.5 Å². The van der Waals surface area contributed by atoms with E-state index in [1.54, 1.807) is 18.3 Å². The molecule has 0 aliphatic rings. The molecule has 0 aliphatic heterocycles. The Hall–Kier alpha value is -2.56. The van der Waals surface area contributed by atoms with Gasteiger partial charge in [-0.05, 0) is 24.1 Å². The molecule has 5 heteroatoms. The van der Waals surface area contributed by atoms with E-state index >= 15 is 0 Å². The third kappa shape index (κ3) is 5.29. The molecule has 2 rings (SSSR count). The summed E-state index contributed by atoms with van der Waals surface area (Å²) in [5.41, 5.74) is 0.852. The molecular formula is C18H23N3O2. The third-order valence-corrected chi connectivity index (χ3v) is 3.66. The Bertz CT molecular complexity index is 680. The smallest absolute Gasteiger partial charge is 0.250 e. The summed E-state index contributed by atoms with van der Waals surface area (Å²) in [4.78, 5) is 23.7. The van der Waals surface area contributed by atoms with Crippen LogP contribution in [0.15, 0.2) is 59.5 Å². The van der Waals surface area contributed by atoms with Gasteiger partial charge in [-0.3, -0.25) is 9.59 Å². The molecule has 0 saturated heterocycles. The first-order valence-corrected chi connectivity index (χ1v) is 7.80. The molecule has 1 atom stereocenters. The van der Waals surface area contributed by atoms with Crippen LogP contribution in [-0.2, 0) is 11.3 Å². The number of benzene rings is 1. The van der Waals surface area contributed by atoms with Crippen molar-refractivity contribution >= 4 is 11.6 Å². The SMILES string of the molecule is CC(C)C(CNC(=O)Cn1ccccc1=O)Nc1ccccc1. The molecule has 0 spiro atoms. The predicted molar refractivity (Wildman–Crippen MR) is 92.4 cm³/mol. The molecule has 0 radical (unpaired) electrons. The van der Waals surface area contributed by atoms with Crippen LogP contribution in [0.25, 0.3) is 0 Å². The van der Waals surface area contributed by atoms with Gasteiger partial charge >= 0.3 is 0 Å². The van der Waals surface area contributed by atoms with Crippen molar-refractivity contribution in [3.8, 4) is 0 Å². The monoisotopic (exact) mass is 313 g/mol. The molecule has 1 heterocycles. The van der Waals surface area contributed by atoms with E-state index in [9.17, 15) is 9.59 Å². The number of carbonyl (C=O) groups is 1. The first-order valence-electron chi connectivity index (χ1n) is 7.80. The van der Waals surface area contributed by atoms with Crippen molar-refractivity contribution in [1.29, 1.82) is 0 Å². The molecule has 0 bridgehead atoms. The summed E-state index contributed by atoms with van der Waals surface area (Å²) in [6.45, 7) is 4.76. The molecule has 0 fully saturated rings. The van der Waals surface area contributed by atoms with E-state index in [2.05, 4.69) is 24.5 Å². The maximum Gasteiger partial charge on any atom is 0.250 e. The number of nitrogens with one attached hydrogen (secondary N) is 2. The second-order valence-corrected chi connectivity index (χ2v) is 5.83. The first-order chi connectivity index (χ1) is 11.1. The van der Waals surface area contributed by atoms with E-state index in [4.69, 9.17) is 0 Å². The van der Waals surface area contributed by atoms with Gasteiger partial charge in [0.05, 0.1) is 0 Å². The maximum absolute atomic E-state index is 12.0. The topological polar surface area (TPSA) is 63.1 Å². The zero-order chi connectivity index (χ0) is 16.7. The summed E-state index contributed by atoms with van der Waals surface area (Å²) in [6.07, 6.45) is 1.62. The Morgan fingerprint density at radius 2 is 1.78 bits per heavy atom. The molecule has 0 aliphatic carbocycles. The van der Waals surface area contributed by atoms with Crippen LogP contribution in [0.1, 0.15) is 13.8 Å². The molecule has 5 nitrogen and oxygen atoms in total. The summed E-state index contributed by atoms with van der Waals surface area (Å²) in [6, 6.07) is 14.9. The van der Waals surface area contributed by atoms with Crippen molar-refractivity contribution in [3.05, 3.63) is 65.1 Å². The van der Waals surface area contributed by atoms with Crippen molar-refractivity contribution in [2.45, 2.75) is 26.4 Å². The fourth-order valence-corrected chi connectivity index (χ4v) is 2.23. The molecule has 1 amide bonds. The van der Waals surface area contributed by atoms with Gasteiger partial charge < -0.3 is 15.2 Å². The highest BCUT2D eigenvalue weighted by atomic mass is 16.2. The second kappa shape index (κ2) is 8.17. The van der Waals surface area contributed by atoms with Crippen LogP contribution >= 0.6 is 0 Å². The summed E-state index contributed by atoms with van der Waals surface area (Å²) >= 11 is 0. The zero-order valence-electron chi connectivity index (χ0n) is 13.5. The van der Waals surface area contributed by atoms with Crippen LogP contribution in [0.5, 0.6) is 0 Å².